The second-order valence-corrected chi connectivity index (χ2v) is 7.25. The van der Waals surface area contributed by atoms with E-state index in [0.29, 0.717) is 17.4 Å². The average Bonchev–Trinajstić information content (AvgIpc) is 3.26. The maximum atomic E-state index is 5.85. The van der Waals surface area contributed by atoms with E-state index in [2.05, 4.69) is 16.3 Å². The van der Waals surface area contributed by atoms with E-state index in [1.54, 1.807) is 21.3 Å². The van der Waals surface area contributed by atoms with Crippen molar-refractivity contribution >= 4 is 23.0 Å². The van der Waals surface area contributed by atoms with Crippen molar-refractivity contribution in [1.82, 2.24) is 4.90 Å². The molecule has 29 heavy (non-hydrogen) atoms. The van der Waals surface area contributed by atoms with Crippen molar-refractivity contribution in [2.45, 2.75) is 25.5 Å². The topological polar surface area (TPSA) is 52.2 Å². The molecule has 1 aliphatic rings. The summed E-state index contributed by atoms with van der Waals surface area (Å²) >= 11 is 5.76. The van der Waals surface area contributed by atoms with Crippen LogP contribution in [0.15, 0.2) is 42.5 Å². The molecule has 1 N–H and O–H groups in total. The van der Waals surface area contributed by atoms with Gasteiger partial charge < -0.3 is 29.2 Å². The second-order valence-electron chi connectivity index (χ2n) is 6.86. The summed E-state index contributed by atoms with van der Waals surface area (Å²) in [5, 5.41) is 3.94. The highest BCUT2D eigenvalue weighted by Crippen LogP contribution is 2.29. The van der Waals surface area contributed by atoms with E-state index in [-0.39, 0.29) is 6.10 Å². The van der Waals surface area contributed by atoms with Crippen LogP contribution in [0.1, 0.15) is 18.4 Å². The molecule has 1 aliphatic heterocycles. The largest absolute Gasteiger partial charge is 0.497 e. The highest BCUT2D eigenvalue weighted by atomic mass is 32.1. The number of hydrogen-bond donors (Lipinski definition) is 1. The fourth-order valence-corrected chi connectivity index (χ4v) is 3.59. The van der Waals surface area contributed by atoms with Crippen LogP contribution in [-0.2, 0) is 11.3 Å². The van der Waals surface area contributed by atoms with Gasteiger partial charge in [0.2, 0.25) is 0 Å². The maximum Gasteiger partial charge on any atom is 0.173 e. The minimum absolute atomic E-state index is 0.179. The Morgan fingerprint density at radius 3 is 2.59 bits per heavy atom. The Kier molecular flexibility index (Phi) is 7.55. The number of rotatable bonds is 8. The van der Waals surface area contributed by atoms with E-state index in [9.17, 15) is 0 Å². The van der Waals surface area contributed by atoms with Crippen molar-refractivity contribution in [3.63, 3.8) is 0 Å². The number of benzene rings is 2. The Morgan fingerprint density at radius 1 is 1.10 bits per heavy atom. The minimum Gasteiger partial charge on any atom is -0.497 e. The average molecular weight is 417 g/mol. The minimum atomic E-state index is 0.179. The summed E-state index contributed by atoms with van der Waals surface area (Å²) in [5.74, 6) is 2.23. The standard InChI is InChI=1S/C22H28N2O4S/c1-25-17-7-4-6-16(12-17)14-24(15-19-8-5-11-28-19)22(29)23-20-10-9-18(26-2)13-21(20)27-3/h4,6-7,9-10,12-13,19H,5,8,11,14-15H2,1-3H3,(H,23,29). The lowest BCUT2D eigenvalue weighted by Crippen LogP contribution is -2.39. The SMILES string of the molecule is COc1cccc(CN(CC2CCCO2)C(=S)Nc2ccc(OC)cc2OC)c1. The lowest BCUT2D eigenvalue weighted by molar-refractivity contribution is 0.0905. The van der Waals surface area contributed by atoms with E-state index >= 15 is 0 Å². The Balaban J connectivity index is 1.78. The number of nitrogens with one attached hydrogen (secondary N) is 1. The van der Waals surface area contributed by atoms with Crippen molar-refractivity contribution in [2.75, 3.05) is 39.8 Å². The molecule has 2 aromatic carbocycles. The quantitative estimate of drug-likeness (QED) is 0.651. The summed E-state index contributed by atoms with van der Waals surface area (Å²) in [6.45, 7) is 2.19. The third-order valence-corrected chi connectivity index (χ3v) is 5.25. The molecule has 0 aromatic heterocycles. The van der Waals surface area contributed by atoms with Crippen molar-refractivity contribution in [1.29, 1.82) is 0 Å². The van der Waals surface area contributed by atoms with Crippen molar-refractivity contribution < 1.29 is 18.9 Å². The van der Waals surface area contributed by atoms with Gasteiger partial charge in [-0.3, -0.25) is 0 Å². The Morgan fingerprint density at radius 2 is 1.90 bits per heavy atom. The van der Waals surface area contributed by atoms with Gasteiger partial charge in [-0.15, -0.1) is 0 Å². The zero-order valence-electron chi connectivity index (χ0n) is 17.1. The second kappa shape index (κ2) is 10.3. The first-order valence-corrected chi connectivity index (χ1v) is 10.1. The molecular formula is C22H28N2O4S. The number of thiocarbonyl (C=S) groups is 1. The fraction of sp³-hybridized carbons (Fsp3) is 0.409. The molecule has 7 heteroatoms. The Hall–Kier alpha value is -2.51. The van der Waals surface area contributed by atoms with Crippen LogP contribution < -0.4 is 19.5 Å². The first-order valence-electron chi connectivity index (χ1n) is 9.65. The molecular weight excluding hydrogens is 388 g/mol. The van der Waals surface area contributed by atoms with Crippen LogP contribution >= 0.6 is 12.2 Å². The van der Waals surface area contributed by atoms with Gasteiger partial charge >= 0.3 is 0 Å². The van der Waals surface area contributed by atoms with Crippen molar-refractivity contribution in [2.24, 2.45) is 0 Å². The van der Waals surface area contributed by atoms with Crippen molar-refractivity contribution in [3.05, 3.63) is 48.0 Å². The summed E-state index contributed by atoms with van der Waals surface area (Å²) in [5.41, 5.74) is 1.91. The zero-order valence-corrected chi connectivity index (χ0v) is 18.0. The molecule has 1 atom stereocenters. The molecule has 0 amide bonds. The van der Waals surface area contributed by atoms with Gasteiger partial charge in [0.05, 0.1) is 33.1 Å². The summed E-state index contributed by atoms with van der Waals surface area (Å²) < 4.78 is 22.0. The van der Waals surface area contributed by atoms with E-state index in [0.717, 1.165) is 48.7 Å². The molecule has 6 nitrogen and oxygen atoms in total. The lowest BCUT2D eigenvalue weighted by Gasteiger charge is -2.29. The number of nitrogens with zero attached hydrogens (tertiary/aromatic N) is 1. The molecule has 156 valence electrons. The van der Waals surface area contributed by atoms with Gasteiger partial charge in [-0.2, -0.15) is 0 Å². The molecule has 1 saturated heterocycles. The molecule has 2 aromatic rings. The first kappa shape index (κ1) is 21.2. The molecule has 1 heterocycles. The lowest BCUT2D eigenvalue weighted by atomic mass is 10.2. The monoisotopic (exact) mass is 416 g/mol. The molecule has 0 radical (unpaired) electrons. The predicted octanol–water partition coefficient (Wildman–Crippen LogP) is 4.09. The molecule has 0 bridgehead atoms. The summed E-state index contributed by atoms with van der Waals surface area (Å²) in [7, 11) is 4.93. The third kappa shape index (κ3) is 5.74. The molecule has 0 saturated carbocycles. The van der Waals surface area contributed by atoms with Gasteiger partial charge in [-0.1, -0.05) is 12.1 Å². The van der Waals surface area contributed by atoms with E-state index in [1.165, 1.54) is 0 Å². The fourth-order valence-electron chi connectivity index (χ4n) is 3.34. The van der Waals surface area contributed by atoms with Crippen LogP contribution in [0.2, 0.25) is 0 Å². The van der Waals surface area contributed by atoms with E-state index in [1.807, 2.05) is 36.4 Å². The smallest absolute Gasteiger partial charge is 0.173 e. The van der Waals surface area contributed by atoms with Crippen LogP contribution in [-0.4, -0.2) is 50.6 Å². The highest BCUT2D eigenvalue weighted by molar-refractivity contribution is 7.80. The van der Waals surface area contributed by atoms with Gasteiger partial charge in [0.1, 0.15) is 17.2 Å². The number of anilines is 1. The van der Waals surface area contributed by atoms with Gasteiger partial charge in [0.15, 0.2) is 5.11 Å². The van der Waals surface area contributed by atoms with Crippen LogP contribution in [0, 0.1) is 0 Å². The van der Waals surface area contributed by atoms with Crippen LogP contribution in [0.25, 0.3) is 0 Å². The third-order valence-electron chi connectivity index (χ3n) is 4.89. The Bertz CT molecular complexity index is 824. The molecule has 0 spiro atoms. The van der Waals surface area contributed by atoms with Crippen LogP contribution in [0.3, 0.4) is 0 Å². The van der Waals surface area contributed by atoms with Crippen LogP contribution in [0.4, 0.5) is 5.69 Å². The molecule has 1 fully saturated rings. The number of hydrogen-bond acceptors (Lipinski definition) is 5. The normalized spacial score (nSPS) is 15.6. The van der Waals surface area contributed by atoms with E-state index < -0.39 is 0 Å². The number of ether oxygens (including phenoxy) is 4. The highest BCUT2D eigenvalue weighted by Gasteiger charge is 2.22. The first-order chi connectivity index (χ1) is 14.1. The molecule has 3 rings (SSSR count). The summed E-state index contributed by atoms with van der Waals surface area (Å²) in [4.78, 5) is 2.13. The molecule has 0 aliphatic carbocycles. The van der Waals surface area contributed by atoms with Gasteiger partial charge in [-0.25, -0.2) is 0 Å². The van der Waals surface area contributed by atoms with Gasteiger partial charge in [-0.05, 0) is 54.9 Å². The predicted molar refractivity (Wildman–Crippen MR) is 118 cm³/mol. The van der Waals surface area contributed by atoms with Crippen LogP contribution in [0.5, 0.6) is 17.2 Å². The maximum absolute atomic E-state index is 5.85. The Labute approximate surface area is 177 Å². The molecule has 1 unspecified atom stereocenters. The van der Waals surface area contributed by atoms with Gasteiger partial charge in [0, 0.05) is 25.8 Å². The van der Waals surface area contributed by atoms with Gasteiger partial charge in [0.25, 0.3) is 0 Å². The summed E-state index contributed by atoms with van der Waals surface area (Å²) in [6, 6.07) is 13.6. The zero-order chi connectivity index (χ0) is 20.6. The van der Waals surface area contributed by atoms with Crippen molar-refractivity contribution in [3.8, 4) is 17.2 Å². The van der Waals surface area contributed by atoms with E-state index in [4.69, 9.17) is 31.2 Å². The number of methoxy groups -OCH3 is 3. The summed E-state index contributed by atoms with van der Waals surface area (Å²) in [6.07, 6.45) is 2.31.